The molecule has 2 aliphatic heterocycles. The summed E-state index contributed by atoms with van der Waals surface area (Å²) in [6.07, 6.45) is 0. The second kappa shape index (κ2) is 4.96. The molecule has 0 spiro atoms. The van der Waals surface area contributed by atoms with E-state index < -0.39 is 0 Å². The summed E-state index contributed by atoms with van der Waals surface area (Å²) in [6.45, 7) is 1.95. The number of esters is 1. The van der Waals surface area contributed by atoms with Crippen molar-refractivity contribution in [2.45, 2.75) is 19.7 Å². The summed E-state index contributed by atoms with van der Waals surface area (Å²) in [7, 11) is 0. The molecule has 2 aliphatic rings. The Morgan fingerprint density at radius 3 is 2.77 bits per heavy atom. The molecule has 0 fully saturated rings. The normalized spacial score (nSPS) is 15.2. The summed E-state index contributed by atoms with van der Waals surface area (Å²) in [6, 6.07) is 11.0. The number of nitrogens with one attached hydrogen (secondary N) is 2. The van der Waals surface area contributed by atoms with Crippen LogP contribution in [0.3, 0.4) is 0 Å². The lowest BCUT2D eigenvalue weighted by Gasteiger charge is -2.07. The number of carbonyl (C=O) groups excluding carboxylic acids is 2. The van der Waals surface area contributed by atoms with Gasteiger partial charge in [0.25, 0.3) is 5.91 Å². The highest BCUT2D eigenvalue weighted by Crippen LogP contribution is 2.24. The lowest BCUT2D eigenvalue weighted by atomic mass is 10.1. The average molecular weight is 294 g/mol. The molecule has 0 saturated carbocycles. The second-order valence-electron chi connectivity index (χ2n) is 5.49. The molecule has 5 nitrogen and oxygen atoms in total. The zero-order valence-corrected chi connectivity index (χ0v) is 11.8. The van der Waals surface area contributed by atoms with Gasteiger partial charge in [0.1, 0.15) is 6.61 Å². The SMILES string of the molecule is O=C(Nc1ccc2c(c1)C(=O)OC2)c1ccc2c(c1)CNC2. The van der Waals surface area contributed by atoms with Gasteiger partial charge in [0.2, 0.25) is 0 Å². The molecule has 0 saturated heterocycles. The van der Waals surface area contributed by atoms with Gasteiger partial charge in [-0.05, 0) is 35.4 Å². The van der Waals surface area contributed by atoms with Crippen molar-refractivity contribution in [2.75, 3.05) is 5.32 Å². The number of amides is 1. The minimum absolute atomic E-state index is 0.180. The Kier molecular flexibility index (Phi) is 2.94. The minimum atomic E-state index is -0.338. The van der Waals surface area contributed by atoms with Gasteiger partial charge in [-0.25, -0.2) is 4.79 Å². The number of hydrogen-bond acceptors (Lipinski definition) is 4. The van der Waals surface area contributed by atoms with Crippen molar-refractivity contribution in [2.24, 2.45) is 0 Å². The third-order valence-corrected chi connectivity index (χ3v) is 4.05. The van der Waals surface area contributed by atoms with Crippen molar-refractivity contribution in [3.05, 3.63) is 64.2 Å². The van der Waals surface area contributed by atoms with E-state index >= 15 is 0 Å². The van der Waals surface area contributed by atoms with Crippen molar-refractivity contribution in [3.63, 3.8) is 0 Å². The number of cyclic esters (lactones) is 1. The van der Waals surface area contributed by atoms with Crippen molar-refractivity contribution >= 4 is 17.6 Å². The molecule has 110 valence electrons. The van der Waals surface area contributed by atoms with Gasteiger partial charge in [-0.3, -0.25) is 4.79 Å². The lowest BCUT2D eigenvalue weighted by molar-refractivity contribution is 0.0535. The fourth-order valence-corrected chi connectivity index (χ4v) is 2.83. The first kappa shape index (κ1) is 13.0. The van der Waals surface area contributed by atoms with Crippen molar-refractivity contribution < 1.29 is 14.3 Å². The highest BCUT2D eigenvalue weighted by atomic mass is 16.5. The molecule has 0 aromatic heterocycles. The first-order valence-electron chi connectivity index (χ1n) is 7.14. The summed E-state index contributed by atoms with van der Waals surface area (Å²) in [4.78, 5) is 23.9. The monoisotopic (exact) mass is 294 g/mol. The van der Waals surface area contributed by atoms with Crippen LogP contribution in [0.15, 0.2) is 36.4 Å². The van der Waals surface area contributed by atoms with Crippen LogP contribution in [-0.2, 0) is 24.4 Å². The molecule has 22 heavy (non-hydrogen) atoms. The largest absolute Gasteiger partial charge is 0.457 e. The zero-order chi connectivity index (χ0) is 15.1. The fourth-order valence-electron chi connectivity index (χ4n) is 2.83. The zero-order valence-electron chi connectivity index (χ0n) is 11.8. The number of hydrogen-bond donors (Lipinski definition) is 2. The summed E-state index contributed by atoms with van der Waals surface area (Å²) in [5, 5.41) is 6.09. The Morgan fingerprint density at radius 2 is 1.86 bits per heavy atom. The van der Waals surface area contributed by atoms with Crippen LogP contribution < -0.4 is 10.6 Å². The first-order valence-corrected chi connectivity index (χ1v) is 7.14. The Hall–Kier alpha value is -2.66. The maximum Gasteiger partial charge on any atom is 0.338 e. The lowest BCUT2D eigenvalue weighted by Crippen LogP contribution is -2.12. The average Bonchev–Trinajstić information content (AvgIpc) is 3.13. The van der Waals surface area contributed by atoms with E-state index in [0.717, 1.165) is 24.2 Å². The van der Waals surface area contributed by atoms with E-state index in [0.29, 0.717) is 23.4 Å². The van der Waals surface area contributed by atoms with Gasteiger partial charge < -0.3 is 15.4 Å². The molecular weight excluding hydrogens is 280 g/mol. The van der Waals surface area contributed by atoms with Crippen LogP contribution in [0.25, 0.3) is 0 Å². The van der Waals surface area contributed by atoms with E-state index in [1.165, 1.54) is 5.56 Å². The van der Waals surface area contributed by atoms with Gasteiger partial charge in [0.15, 0.2) is 0 Å². The quantitative estimate of drug-likeness (QED) is 0.833. The van der Waals surface area contributed by atoms with Crippen molar-refractivity contribution in [1.29, 1.82) is 0 Å². The van der Waals surface area contributed by atoms with Crippen LogP contribution in [0.5, 0.6) is 0 Å². The van der Waals surface area contributed by atoms with Crippen LogP contribution in [-0.4, -0.2) is 11.9 Å². The van der Waals surface area contributed by atoms with Gasteiger partial charge in [-0.15, -0.1) is 0 Å². The van der Waals surface area contributed by atoms with E-state index in [4.69, 9.17) is 4.74 Å². The summed E-state index contributed by atoms with van der Waals surface area (Å²) >= 11 is 0. The standard InChI is InChI=1S/C17H14N2O3/c20-16(10-1-2-11-7-18-8-13(11)5-10)19-14-4-3-12-9-22-17(21)15(12)6-14/h1-6,18H,7-9H2,(H,19,20). The Bertz CT molecular complexity index is 798. The third kappa shape index (κ3) is 2.16. The number of rotatable bonds is 2. The number of anilines is 1. The van der Waals surface area contributed by atoms with Crippen LogP contribution in [0.4, 0.5) is 5.69 Å². The predicted molar refractivity (Wildman–Crippen MR) is 80.5 cm³/mol. The van der Waals surface area contributed by atoms with Gasteiger partial charge in [-0.1, -0.05) is 12.1 Å². The molecule has 0 unspecified atom stereocenters. The molecule has 0 bridgehead atoms. The summed E-state index contributed by atoms with van der Waals surface area (Å²) < 4.78 is 4.96. The second-order valence-corrected chi connectivity index (χ2v) is 5.49. The molecular formula is C17H14N2O3. The molecule has 2 aromatic carbocycles. The van der Waals surface area contributed by atoms with Gasteiger partial charge in [0, 0.05) is 29.9 Å². The first-order chi connectivity index (χ1) is 10.7. The van der Waals surface area contributed by atoms with Gasteiger partial charge in [0.05, 0.1) is 5.56 Å². The molecule has 2 heterocycles. The predicted octanol–water partition coefficient (Wildman–Crippen LogP) is 2.21. The van der Waals surface area contributed by atoms with Gasteiger partial charge in [-0.2, -0.15) is 0 Å². The fraction of sp³-hybridized carbons (Fsp3) is 0.176. The van der Waals surface area contributed by atoms with Crippen LogP contribution in [0, 0.1) is 0 Å². The van der Waals surface area contributed by atoms with E-state index in [1.54, 1.807) is 12.1 Å². The van der Waals surface area contributed by atoms with Crippen LogP contribution in [0.2, 0.25) is 0 Å². The minimum Gasteiger partial charge on any atom is -0.457 e. The van der Waals surface area contributed by atoms with Crippen molar-refractivity contribution in [1.82, 2.24) is 5.32 Å². The van der Waals surface area contributed by atoms with Crippen LogP contribution in [0.1, 0.15) is 37.4 Å². The third-order valence-electron chi connectivity index (χ3n) is 4.05. The topological polar surface area (TPSA) is 67.4 Å². The smallest absolute Gasteiger partial charge is 0.338 e. The number of ether oxygens (including phenoxy) is 1. The Morgan fingerprint density at radius 1 is 1.05 bits per heavy atom. The highest BCUT2D eigenvalue weighted by molar-refractivity contribution is 6.05. The molecule has 2 N–H and O–H groups in total. The molecule has 0 atom stereocenters. The number of fused-ring (bicyclic) bond motifs is 2. The maximum atomic E-state index is 12.3. The maximum absolute atomic E-state index is 12.3. The molecule has 1 amide bonds. The van der Waals surface area contributed by atoms with E-state index in [-0.39, 0.29) is 11.9 Å². The number of carbonyl (C=O) groups is 2. The van der Waals surface area contributed by atoms with E-state index in [2.05, 4.69) is 10.6 Å². The highest BCUT2D eigenvalue weighted by Gasteiger charge is 2.21. The molecule has 4 rings (SSSR count). The molecule has 2 aromatic rings. The van der Waals surface area contributed by atoms with E-state index in [1.807, 2.05) is 24.3 Å². The summed E-state index contributed by atoms with van der Waals surface area (Å²) in [5.41, 5.74) is 4.98. The molecule has 0 radical (unpaired) electrons. The van der Waals surface area contributed by atoms with Gasteiger partial charge >= 0.3 is 5.97 Å². The van der Waals surface area contributed by atoms with Crippen molar-refractivity contribution in [3.8, 4) is 0 Å². The van der Waals surface area contributed by atoms with Crippen LogP contribution >= 0.6 is 0 Å². The van der Waals surface area contributed by atoms with E-state index in [9.17, 15) is 9.59 Å². The molecule has 0 aliphatic carbocycles. The molecule has 5 heteroatoms. The summed E-state index contributed by atoms with van der Waals surface area (Å²) in [5.74, 6) is -0.518. The number of benzene rings is 2. The Labute approximate surface area is 127 Å². The Balaban J connectivity index is 1.57.